The van der Waals surface area contributed by atoms with Gasteiger partial charge in [-0.2, -0.15) is 0 Å². The first kappa shape index (κ1) is 15.6. The van der Waals surface area contributed by atoms with Crippen LogP contribution in [0.3, 0.4) is 0 Å². The molecule has 3 heteroatoms. The van der Waals surface area contributed by atoms with Gasteiger partial charge in [0.2, 0.25) is 0 Å². The molecule has 0 aliphatic heterocycles. The van der Waals surface area contributed by atoms with Gasteiger partial charge in [0.05, 0.1) is 0 Å². The Morgan fingerprint density at radius 1 is 0.870 bits per heavy atom. The van der Waals surface area contributed by atoms with Crippen molar-refractivity contribution < 1.29 is 9.13 Å². The molecular weight excluding hydrogens is 311 g/mol. The van der Waals surface area contributed by atoms with Crippen molar-refractivity contribution in [3.05, 3.63) is 94.8 Å². The average Bonchev–Trinajstić information content (AvgIpc) is 2.56. The molecule has 0 spiro atoms. The highest BCUT2D eigenvalue weighted by Gasteiger charge is 2.13. The molecule has 116 valence electrons. The second-order valence-corrected chi connectivity index (χ2v) is 5.81. The van der Waals surface area contributed by atoms with Crippen molar-refractivity contribution in [2.24, 2.45) is 0 Å². The highest BCUT2D eigenvalue weighted by Crippen LogP contribution is 2.30. The van der Waals surface area contributed by atoms with Gasteiger partial charge in [-0.3, -0.25) is 0 Å². The second-order valence-electron chi connectivity index (χ2n) is 5.37. The van der Waals surface area contributed by atoms with Gasteiger partial charge in [-0.05, 0) is 47.5 Å². The highest BCUT2D eigenvalue weighted by molar-refractivity contribution is 6.30. The molecule has 23 heavy (non-hydrogen) atoms. The molecule has 0 saturated carbocycles. The summed E-state index contributed by atoms with van der Waals surface area (Å²) < 4.78 is 19.8. The Labute approximate surface area is 140 Å². The molecule has 3 aromatic carbocycles. The molecule has 0 amide bonds. The van der Waals surface area contributed by atoms with Crippen LogP contribution in [0, 0.1) is 5.82 Å². The third kappa shape index (κ3) is 3.72. The molecular formula is C20H16ClFO. The van der Waals surface area contributed by atoms with Gasteiger partial charge in [-0.25, -0.2) is 4.39 Å². The van der Waals surface area contributed by atoms with E-state index in [4.69, 9.17) is 16.3 Å². The number of benzene rings is 3. The van der Waals surface area contributed by atoms with Crippen molar-refractivity contribution in [3.8, 4) is 11.5 Å². The molecule has 1 unspecified atom stereocenters. The van der Waals surface area contributed by atoms with Crippen LogP contribution in [0.4, 0.5) is 4.39 Å². The highest BCUT2D eigenvalue weighted by atomic mass is 35.5. The summed E-state index contributed by atoms with van der Waals surface area (Å²) in [4.78, 5) is 0. The summed E-state index contributed by atoms with van der Waals surface area (Å²) in [6.07, 6.45) is 0. The minimum atomic E-state index is -0.283. The summed E-state index contributed by atoms with van der Waals surface area (Å²) >= 11 is 5.81. The fourth-order valence-electron chi connectivity index (χ4n) is 2.48. The van der Waals surface area contributed by atoms with Crippen LogP contribution < -0.4 is 4.74 Å². The molecule has 3 aromatic rings. The van der Waals surface area contributed by atoms with Gasteiger partial charge in [0.25, 0.3) is 0 Å². The Bertz CT molecular complexity index is 784. The molecule has 0 aliphatic rings. The minimum Gasteiger partial charge on any atom is -0.457 e. The fourth-order valence-corrected chi connectivity index (χ4v) is 2.64. The van der Waals surface area contributed by atoms with Crippen molar-refractivity contribution >= 4 is 11.6 Å². The normalized spacial score (nSPS) is 12.0. The summed E-state index contributed by atoms with van der Waals surface area (Å²) in [5, 5.41) is 0.407. The van der Waals surface area contributed by atoms with E-state index in [1.54, 1.807) is 12.1 Å². The Morgan fingerprint density at radius 3 is 2.17 bits per heavy atom. The summed E-state index contributed by atoms with van der Waals surface area (Å²) in [7, 11) is 0. The van der Waals surface area contributed by atoms with Crippen molar-refractivity contribution in [3.63, 3.8) is 0 Å². The van der Waals surface area contributed by atoms with Crippen LogP contribution in [0.15, 0.2) is 72.8 Å². The third-order valence-electron chi connectivity index (χ3n) is 3.79. The third-order valence-corrected chi connectivity index (χ3v) is 4.02. The van der Waals surface area contributed by atoms with Crippen LogP contribution >= 0.6 is 11.6 Å². The smallest absolute Gasteiger partial charge is 0.128 e. The van der Waals surface area contributed by atoms with E-state index in [0.29, 0.717) is 10.6 Å². The quantitative estimate of drug-likeness (QED) is 0.537. The van der Waals surface area contributed by atoms with Crippen LogP contribution in [0.25, 0.3) is 0 Å². The summed E-state index contributed by atoms with van der Waals surface area (Å²) in [6, 6.07) is 22.1. The van der Waals surface area contributed by atoms with E-state index in [-0.39, 0.29) is 11.7 Å². The van der Waals surface area contributed by atoms with Gasteiger partial charge in [-0.1, -0.05) is 54.9 Å². The average molecular weight is 327 g/mol. The number of hydrogen-bond acceptors (Lipinski definition) is 1. The first-order valence-electron chi connectivity index (χ1n) is 7.41. The number of hydrogen-bond donors (Lipinski definition) is 0. The van der Waals surface area contributed by atoms with E-state index in [1.807, 2.05) is 61.5 Å². The predicted molar refractivity (Wildman–Crippen MR) is 91.9 cm³/mol. The van der Waals surface area contributed by atoms with Gasteiger partial charge in [-0.15, -0.1) is 0 Å². The van der Waals surface area contributed by atoms with Crippen LogP contribution in [-0.4, -0.2) is 0 Å². The number of ether oxygens (including phenoxy) is 1. The van der Waals surface area contributed by atoms with Crippen molar-refractivity contribution in [1.82, 2.24) is 0 Å². The molecule has 0 aliphatic carbocycles. The largest absolute Gasteiger partial charge is 0.457 e. The molecule has 0 heterocycles. The van der Waals surface area contributed by atoms with E-state index < -0.39 is 0 Å². The summed E-state index contributed by atoms with van der Waals surface area (Å²) in [5.41, 5.74) is 1.65. The van der Waals surface area contributed by atoms with Crippen molar-refractivity contribution in [2.45, 2.75) is 12.8 Å². The van der Waals surface area contributed by atoms with E-state index in [0.717, 1.165) is 17.1 Å². The minimum absolute atomic E-state index is 0.0574. The molecule has 0 fully saturated rings. The van der Waals surface area contributed by atoms with Crippen LogP contribution in [-0.2, 0) is 0 Å². The lowest BCUT2D eigenvalue weighted by molar-refractivity contribution is 0.482. The molecule has 0 aromatic heterocycles. The predicted octanol–water partition coefficient (Wildman–Crippen LogP) is 6.42. The van der Waals surface area contributed by atoms with Crippen LogP contribution in [0.1, 0.15) is 24.0 Å². The van der Waals surface area contributed by atoms with Crippen molar-refractivity contribution in [1.29, 1.82) is 0 Å². The lowest BCUT2D eigenvalue weighted by atomic mass is 9.93. The molecule has 0 N–H and O–H groups in total. The Hall–Kier alpha value is -2.32. The zero-order valence-corrected chi connectivity index (χ0v) is 13.4. The SMILES string of the molecule is CC(c1ccc(Oc2ccccc2)cc1)c1ccc(Cl)cc1F. The number of rotatable bonds is 4. The van der Waals surface area contributed by atoms with E-state index in [2.05, 4.69) is 0 Å². The fraction of sp³-hybridized carbons (Fsp3) is 0.100. The molecule has 0 radical (unpaired) electrons. The van der Waals surface area contributed by atoms with Gasteiger partial charge in [0.1, 0.15) is 17.3 Å². The van der Waals surface area contributed by atoms with Gasteiger partial charge in [0, 0.05) is 10.9 Å². The van der Waals surface area contributed by atoms with Gasteiger partial charge in [0.15, 0.2) is 0 Å². The first-order chi connectivity index (χ1) is 11.1. The number of para-hydroxylation sites is 1. The molecule has 0 bridgehead atoms. The maximum atomic E-state index is 14.0. The zero-order valence-electron chi connectivity index (χ0n) is 12.7. The lowest BCUT2D eigenvalue weighted by Gasteiger charge is -2.14. The van der Waals surface area contributed by atoms with E-state index in [9.17, 15) is 4.39 Å². The molecule has 3 rings (SSSR count). The first-order valence-corrected chi connectivity index (χ1v) is 7.79. The van der Waals surface area contributed by atoms with E-state index >= 15 is 0 Å². The van der Waals surface area contributed by atoms with E-state index in [1.165, 1.54) is 6.07 Å². The Kier molecular flexibility index (Phi) is 4.63. The Morgan fingerprint density at radius 2 is 1.52 bits per heavy atom. The maximum absolute atomic E-state index is 14.0. The van der Waals surface area contributed by atoms with Gasteiger partial charge >= 0.3 is 0 Å². The monoisotopic (exact) mass is 326 g/mol. The van der Waals surface area contributed by atoms with Crippen LogP contribution in [0.5, 0.6) is 11.5 Å². The standard InChI is InChI=1S/C20H16ClFO/c1-14(19-12-9-16(21)13-20(19)22)15-7-10-18(11-8-15)23-17-5-3-2-4-6-17/h2-14H,1H3. The lowest BCUT2D eigenvalue weighted by Crippen LogP contribution is -1.99. The second kappa shape index (κ2) is 6.84. The topological polar surface area (TPSA) is 9.23 Å². The summed E-state index contributed by atoms with van der Waals surface area (Å²) in [6.45, 7) is 1.97. The van der Waals surface area contributed by atoms with Crippen LogP contribution in [0.2, 0.25) is 5.02 Å². The zero-order chi connectivity index (χ0) is 16.2. The Balaban J connectivity index is 1.78. The number of halogens is 2. The van der Waals surface area contributed by atoms with Gasteiger partial charge < -0.3 is 4.74 Å². The molecule has 1 atom stereocenters. The van der Waals surface area contributed by atoms with Crippen molar-refractivity contribution in [2.75, 3.05) is 0 Å². The maximum Gasteiger partial charge on any atom is 0.128 e. The molecule has 1 nitrogen and oxygen atoms in total. The molecule has 0 saturated heterocycles. The summed E-state index contributed by atoms with van der Waals surface area (Å²) in [5.74, 6) is 1.20.